The fraction of sp³-hybridized carbons (Fsp3) is 0.538. The van der Waals surface area contributed by atoms with Gasteiger partial charge >= 0.3 is 0 Å². The van der Waals surface area contributed by atoms with Crippen LogP contribution in [-0.2, 0) is 6.54 Å². The van der Waals surface area contributed by atoms with Crippen molar-refractivity contribution in [1.82, 2.24) is 5.32 Å². The standard InChI is InChI=1S/C13H18ClN/c1-11-5-2-3-6-12(11)9-15-13(10-14)7-4-8-13/h2-3,5-6,15H,4,7-10H2,1H3. The lowest BCUT2D eigenvalue weighted by Crippen LogP contribution is -2.52. The van der Waals surface area contributed by atoms with Gasteiger partial charge < -0.3 is 5.32 Å². The highest BCUT2D eigenvalue weighted by atomic mass is 35.5. The van der Waals surface area contributed by atoms with Crippen LogP contribution in [0.4, 0.5) is 0 Å². The molecule has 82 valence electrons. The van der Waals surface area contributed by atoms with E-state index in [1.54, 1.807) is 0 Å². The Bertz CT molecular complexity index is 326. The maximum absolute atomic E-state index is 6.00. The van der Waals surface area contributed by atoms with Crippen molar-refractivity contribution >= 4 is 11.6 Å². The van der Waals surface area contributed by atoms with Gasteiger partial charge in [0.05, 0.1) is 0 Å². The molecule has 15 heavy (non-hydrogen) atoms. The second-order valence-electron chi connectivity index (χ2n) is 4.55. The van der Waals surface area contributed by atoms with E-state index in [1.165, 1.54) is 30.4 Å². The molecule has 1 aliphatic carbocycles. The maximum atomic E-state index is 6.00. The summed E-state index contributed by atoms with van der Waals surface area (Å²) in [6.07, 6.45) is 3.76. The Morgan fingerprint density at radius 1 is 1.33 bits per heavy atom. The van der Waals surface area contributed by atoms with Crippen molar-refractivity contribution in [3.8, 4) is 0 Å². The summed E-state index contributed by atoms with van der Waals surface area (Å²) in [5, 5.41) is 3.61. The normalized spacial score (nSPS) is 18.5. The number of hydrogen-bond donors (Lipinski definition) is 1. The molecule has 2 heteroatoms. The van der Waals surface area contributed by atoms with Crippen LogP contribution in [0.3, 0.4) is 0 Å². The van der Waals surface area contributed by atoms with Crippen LogP contribution in [0.1, 0.15) is 30.4 Å². The third-order valence-corrected chi connectivity index (χ3v) is 3.99. The number of alkyl halides is 1. The highest BCUT2D eigenvalue weighted by Crippen LogP contribution is 2.33. The van der Waals surface area contributed by atoms with E-state index in [9.17, 15) is 0 Å². The van der Waals surface area contributed by atoms with Gasteiger partial charge in [-0.15, -0.1) is 11.6 Å². The van der Waals surface area contributed by atoms with Crippen LogP contribution >= 0.6 is 11.6 Å². The van der Waals surface area contributed by atoms with Crippen molar-refractivity contribution in [2.24, 2.45) is 0 Å². The van der Waals surface area contributed by atoms with E-state index in [0.29, 0.717) is 0 Å². The molecule has 1 fully saturated rings. The molecular formula is C13H18ClN. The van der Waals surface area contributed by atoms with Crippen LogP contribution in [0.2, 0.25) is 0 Å². The SMILES string of the molecule is Cc1ccccc1CNC1(CCl)CCC1. The molecule has 0 heterocycles. The van der Waals surface area contributed by atoms with Gasteiger partial charge in [-0.05, 0) is 37.3 Å². The average molecular weight is 224 g/mol. The fourth-order valence-corrected chi connectivity index (χ4v) is 2.41. The Morgan fingerprint density at radius 2 is 2.07 bits per heavy atom. The average Bonchev–Trinajstić information content (AvgIpc) is 2.19. The third kappa shape index (κ3) is 2.35. The molecule has 0 aliphatic heterocycles. The van der Waals surface area contributed by atoms with Gasteiger partial charge in [-0.2, -0.15) is 0 Å². The Kier molecular flexibility index (Phi) is 3.32. The zero-order chi connectivity index (χ0) is 10.7. The van der Waals surface area contributed by atoms with Gasteiger partial charge in [-0.1, -0.05) is 24.3 Å². The summed E-state index contributed by atoms with van der Waals surface area (Å²) in [5.41, 5.74) is 2.96. The number of aryl methyl sites for hydroxylation is 1. The number of benzene rings is 1. The van der Waals surface area contributed by atoms with Crippen LogP contribution in [-0.4, -0.2) is 11.4 Å². The van der Waals surface area contributed by atoms with Crippen molar-refractivity contribution in [3.63, 3.8) is 0 Å². The van der Waals surface area contributed by atoms with Crippen molar-refractivity contribution < 1.29 is 0 Å². The largest absolute Gasteiger partial charge is 0.306 e. The molecule has 0 atom stereocenters. The van der Waals surface area contributed by atoms with Gasteiger partial charge in [0.25, 0.3) is 0 Å². The minimum Gasteiger partial charge on any atom is -0.306 e. The first kappa shape index (κ1) is 11.0. The zero-order valence-corrected chi connectivity index (χ0v) is 9.98. The zero-order valence-electron chi connectivity index (χ0n) is 9.22. The summed E-state index contributed by atoms with van der Waals surface area (Å²) in [6, 6.07) is 8.52. The first-order valence-corrected chi connectivity index (χ1v) is 6.15. The van der Waals surface area contributed by atoms with E-state index < -0.39 is 0 Å². The van der Waals surface area contributed by atoms with Crippen molar-refractivity contribution in [2.45, 2.75) is 38.3 Å². The minimum absolute atomic E-state index is 0.226. The minimum atomic E-state index is 0.226. The fourth-order valence-electron chi connectivity index (χ4n) is 2.05. The van der Waals surface area contributed by atoms with E-state index in [-0.39, 0.29) is 5.54 Å². The molecule has 0 unspecified atom stereocenters. The Labute approximate surface area is 96.8 Å². The Morgan fingerprint density at radius 3 is 2.60 bits per heavy atom. The summed E-state index contributed by atoms with van der Waals surface area (Å²) >= 11 is 6.00. The Hall–Kier alpha value is -0.530. The highest BCUT2D eigenvalue weighted by Gasteiger charge is 2.35. The molecule has 2 rings (SSSR count). The molecule has 1 N–H and O–H groups in total. The van der Waals surface area contributed by atoms with E-state index >= 15 is 0 Å². The van der Waals surface area contributed by atoms with E-state index in [0.717, 1.165) is 12.4 Å². The van der Waals surface area contributed by atoms with Gasteiger partial charge in [0, 0.05) is 18.0 Å². The number of rotatable bonds is 4. The van der Waals surface area contributed by atoms with Crippen molar-refractivity contribution in [3.05, 3.63) is 35.4 Å². The van der Waals surface area contributed by atoms with Crippen LogP contribution in [0.5, 0.6) is 0 Å². The monoisotopic (exact) mass is 223 g/mol. The number of halogens is 1. The van der Waals surface area contributed by atoms with Gasteiger partial charge in [0.15, 0.2) is 0 Å². The lowest BCUT2D eigenvalue weighted by atomic mass is 9.78. The topological polar surface area (TPSA) is 12.0 Å². The highest BCUT2D eigenvalue weighted by molar-refractivity contribution is 6.18. The lowest BCUT2D eigenvalue weighted by molar-refractivity contribution is 0.211. The van der Waals surface area contributed by atoms with E-state index in [4.69, 9.17) is 11.6 Å². The summed E-state index contributed by atoms with van der Waals surface area (Å²) in [6.45, 7) is 3.10. The molecule has 0 amide bonds. The molecule has 1 aromatic carbocycles. The molecule has 0 radical (unpaired) electrons. The summed E-state index contributed by atoms with van der Waals surface area (Å²) in [4.78, 5) is 0. The molecule has 0 bridgehead atoms. The smallest absolute Gasteiger partial charge is 0.0406 e. The van der Waals surface area contributed by atoms with Crippen LogP contribution in [0.25, 0.3) is 0 Å². The first-order valence-electron chi connectivity index (χ1n) is 5.61. The summed E-state index contributed by atoms with van der Waals surface area (Å²) in [5.74, 6) is 0.735. The van der Waals surface area contributed by atoms with Gasteiger partial charge in [0.2, 0.25) is 0 Å². The Balaban J connectivity index is 1.95. The van der Waals surface area contributed by atoms with Crippen LogP contribution < -0.4 is 5.32 Å². The van der Waals surface area contributed by atoms with E-state index in [2.05, 4.69) is 36.5 Å². The second kappa shape index (κ2) is 4.54. The van der Waals surface area contributed by atoms with E-state index in [1.807, 2.05) is 0 Å². The van der Waals surface area contributed by atoms with Gasteiger partial charge in [-0.3, -0.25) is 0 Å². The third-order valence-electron chi connectivity index (χ3n) is 3.48. The quantitative estimate of drug-likeness (QED) is 0.773. The molecule has 1 nitrogen and oxygen atoms in total. The summed E-state index contributed by atoms with van der Waals surface area (Å²) < 4.78 is 0. The molecule has 0 saturated heterocycles. The molecule has 1 saturated carbocycles. The second-order valence-corrected chi connectivity index (χ2v) is 4.81. The first-order chi connectivity index (χ1) is 7.26. The van der Waals surface area contributed by atoms with Gasteiger partial charge in [0.1, 0.15) is 0 Å². The molecule has 1 aliphatic rings. The molecule has 0 spiro atoms. The molecular weight excluding hydrogens is 206 g/mol. The summed E-state index contributed by atoms with van der Waals surface area (Å²) in [7, 11) is 0. The van der Waals surface area contributed by atoms with Crippen LogP contribution in [0.15, 0.2) is 24.3 Å². The predicted molar refractivity (Wildman–Crippen MR) is 65.3 cm³/mol. The van der Waals surface area contributed by atoms with Crippen molar-refractivity contribution in [2.75, 3.05) is 5.88 Å². The predicted octanol–water partition coefficient (Wildman–Crippen LogP) is 3.25. The lowest BCUT2D eigenvalue weighted by Gasteiger charge is -2.41. The maximum Gasteiger partial charge on any atom is 0.0406 e. The van der Waals surface area contributed by atoms with Crippen molar-refractivity contribution in [1.29, 1.82) is 0 Å². The molecule has 1 aromatic rings. The number of nitrogens with one attached hydrogen (secondary N) is 1. The molecule has 0 aromatic heterocycles. The van der Waals surface area contributed by atoms with Gasteiger partial charge in [-0.25, -0.2) is 0 Å². The number of hydrogen-bond acceptors (Lipinski definition) is 1. The van der Waals surface area contributed by atoms with Crippen LogP contribution in [0, 0.1) is 6.92 Å².